The summed E-state index contributed by atoms with van der Waals surface area (Å²) in [6.07, 6.45) is 3.81. The van der Waals surface area contributed by atoms with Gasteiger partial charge >= 0.3 is 0 Å². The molecule has 0 aliphatic rings. The highest BCUT2D eigenvalue weighted by atomic mass is 19.1. The van der Waals surface area contributed by atoms with Crippen LogP contribution in [0.2, 0.25) is 0 Å². The molecule has 1 aromatic carbocycles. The summed E-state index contributed by atoms with van der Waals surface area (Å²) >= 11 is 0. The minimum Gasteiger partial charge on any atom is -0.327 e. The number of hydrogen-bond acceptors (Lipinski definition) is 1. The van der Waals surface area contributed by atoms with Gasteiger partial charge < -0.3 is 5.73 Å². The van der Waals surface area contributed by atoms with Crippen molar-refractivity contribution in [2.75, 3.05) is 6.54 Å². The van der Waals surface area contributed by atoms with Crippen LogP contribution in [0.5, 0.6) is 0 Å². The highest BCUT2D eigenvalue weighted by Gasteiger charge is 2.18. The molecule has 0 unspecified atom stereocenters. The van der Waals surface area contributed by atoms with Gasteiger partial charge in [-0.15, -0.1) is 0 Å². The summed E-state index contributed by atoms with van der Waals surface area (Å²) in [5.41, 5.74) is 6.96. The maximum atomic E-state index is 13.7. The van der Waals surface area contributed by atoms with E-state index in [0.717, 1.165) is 11.1 Å². The van der Waals surface area contributed by atoms with Crippen LogP contribution in [0.1, 0.15) is 30.5 Å². The molecule has 2 N–H and O–H groups in total. The molecule has 15 heavy (non-hydrogen) atoms. The summed E-state index contributed by atoms with van der Waals surface area (Å²) in [6.45, 7) is 5.63. The van der Waals surface area contributed by atoms with E-state index in [9.17, 15) is 4.39 Å². The normalized spacial score (nSPS) is 12.3. The SMILES string of the molecule is Cc1ccc(C(C)(C)F)cc1/C=C/CN. The molecule has 0 spiro atoms. The molecule has 1 rings (SSSR count). The summed E-state index contributed by atoms with van der Waals surface area (Å²) in [7, 11) is 0. The molecule has 2 heteroatoms. The van der Waals surface area contributed by atoms with Gasteiger partial charge in [0, 0.05) is 6.54 Å². The Labute approximate surface area is 90.8 Å². The highest BCUT2D eigenvalue weighted by molar-refractivity contribution is 5.55. The lowest BCUT2D eigenvalue weighted by molar-refractivity contribution is 0.221. The van der Waals surface area contributed by atoms with Crippen molar-refractivity contribution >= 4 is 6.08 Å². The predicted octanol–water partition coefficient (Wildman–Crippen LogP) is 3.17. The van der Waals surface area contributed by atoms with Crippen molar-refractivity contribution < 1.29 is 4.39 Å². The molecule has 0 saturated heterocycles. The Kier molecular flexibility index (Phi) is 3.64. The van der Waals surface area contributed by atoms with E-state index in [4.69, 9.17) is 5.73 Å². The Hall–Kier alpha value is -1.15. The first kappa shape index (κ1) is 11.9. The van der Waals surface area contributed by atoms with Gasteiger partial charge in [0.15, 0.2) is 0 Å². The number of rotatable bonds is 3. The standard InChI is InChI=1S/C13H18FN/c1-10-6-7-12(13(2,3)14)9-11(10)5-4-8-15/h4-7,9H,8,15H2,1-3H3/b5-4+. The van der Waals surface area contributed by atoms with Gasteiger partial charge in [0.1, 0.15) is 5.67 Å². The maximum Gasteiger partial charge on any atom is 0.130 e. The zero-order valence-electron chi connectivity index (χ0n) is 9.55. The van der Waals surface area contributed by atoms with E-state index < -0.39 is 5.67 Å². The third-order valence-electron chi connectivity index (χ3n) is 2.40. The van der Waals surface area contributed by atoms with Crippen molar-refractivity contribution in [2.24, 2.45) is 5.73 Å². The lowest BCUT2D eigenvalue weighted by Gasteiger charge is -2.16. The number of benzene rings is 1. The molecule has 1 nitrogen and oxygen atoms in total. The van der Waals surface area contributed by atoms with Gasteiger partial charge in [-0.2, -0.15) is 0 Å². The number of alkyl halides is 1. The molecule has 0 atom stereocenters. The number of hydrogen-bond donors (Lipinski definition) is 1. The van der Waals surface area contributed by atoms with Crippen molar-refractivity contribution in [3.8, 4) is 0 Å². The lowest BCUT2D eigenvalue weighted by atomic mass is 9.95. The fourth-order valence-corrected chi connectivity index (χ4v) is 1.38. The van der Waals surface area contributed by atoms with Crippen molar-refractivity contribution in [3.05, 3.63) is 41.0 Å². The van der Waals surface area contributed by atoms with Gasteiger partial charge in [-0.05, 0) is 43.5 Å². The molecule has 0 aromatic heterocycles. The second-order valence-corrected chi connectivity index (χ2v) is 4.18. The number of halogens is 1. The second kappa shape index (κ2) is 4.58. The maximum absolute atomic E-state index is 13.7. The van der Waals surface area contributed by atoms with Crippen LogP contribution in [0.15, 0.2) is 24.3 Å². The Morgan fingerprint density at radius 3 is 2.60 bits per heavy atom. The van der Waals surface area contributed by atoms with Gasteiger partial charge in [0.25, 0.3) is 0 Å². The first-order valence-electron chi connectivity index (χ1n) is 5.12. The van der Waals surface area contributed by atoms with Crippen LogP contribution in [0.25, 0.3) is 6.08 Å². The highest BCUT2D eigenvalue weighted by Crippen LogP contribution is 2.26. The summed E-state index contributed by atoms with van der Waals surface area (Å²) < 4.78 is 13.7. The molecule has 0 saturated carbocycles. The lowest BCUT2D eigenvalue weighted by Crippen LogP contribution is -2.09. The molecule has 0 fully saturated rings. The predicted molar refractivity (Wildman–Crippen MR) is 63.4 cm³/mol. The van der Waals surface area contributed by atoms with E-state index in [1.807, 2.05) is 37.3 Å². The fraction of sp³-hybridized carbons (Fsp3) is 0.385. The van der Waals surface area contributed by atoms with Gasteiger partial charge in [0.2, 0.25) is 0 Å². The number of nitrogens with two attached hydrogens (primary N) is 1. The Balaban J connectivity index is 3.11. The molecule has 0 amide bonds. The van der Waals surface area contributed by atoms with E-state index in [1.54, 1.807) is 13.8 Å². The molecular formula is C13H18FN. The minimum absolute atomic E-state index is 0.503. The van der Waals surface area contributed by atoms with Gasteiger partial charge in [-0.25, -0.2) is 4.39 Å². The van der Waals surface area contributed by atoms with Crippen molar-refractivity contribution in [2.45, 2.75) is 26.4 Å². The van der Waals surface area contributed by atoms with E-state index >= 15 is 0 Å². The molecule has 0 bridgehead atoms. The molecule has 82 valence electrons. The first-order chi connectivity index (χ1) is 6.95. The van der Waals surface area contributed by atoms with Gasteiger partial charge in [-0.1, -0.05) is 24.3 Å². The quantitative estimate of drug-likeness (QED) is 0.809. The zero-order chi connectivity index (χ0) is 11.5. The summed E-state index contributed by atoms with van der Waals surface area (Å²) in [6, 6.07) is 5.64. The Morgan fingerprint density at radius 1 is 1.40 bits per heavy atom. The average Bonchev–Trinajstić information content (AvgIpc) is 2.15. The molecule has 0 aliphatic carbocycles. The summed E-state index contributed by atoms with van der Waals surface area (Å²) in [4.78, 5) is 0. The van der Waals surface area contributed by atoms with Crippen molar-refractivity contribution in [1.29, 1.82) is 0 Å². The molecule has 0 heterocycles. The molecule has 0 aliphatic heterocycles. The van der Waals surface area contributed by atoms with E-state index in [0.29, 0.717) is 12.1 Å². The zero-order valence-corrected chi connectivity index (χ0v) is 9.55. The molecule has 0 radical (unpaired) electrons. The second-order valence-electron chi connectivity index (χ2n) is 4.18. The third kappa shape index (κ3) is 3.17. The van der Waals surface area contributed by atoms with Crippen LogP contribution >= 0.6 is 0 Å². The van der Waals surface area contributed by atoms with Crippen LogP contribution in [0.4, 0.5) is 4.39 Å². The Bertz CT molecular complexity index is 361. The Morgan fingerprint density at radius 2 is 2.07 bits per heavy atom. The summed E-state index contributed by atoms with van der Waals surface area (Å²) in [5, 5.41) is 0. The van der Waals surface area contributed by atoms with E-state index in [1.165, 1.54) is 0 Å². The van der Waals surface area contributed by atoms with E-state index in [2.05, 4.69) is 0 Å². The summed E-state index contributed by atoms with van der Waals surface area (Å²) in [5.74, 6) is 0. The topological polar surface area (TPSA) is 26.0 Å². The van der Waals surface area contributed by atoms with E-state index in [-0.39, 0.29) is 0 Å². The van der Waals surface area contributed by atoms with Crippen molar-refractivity contribution in [1.82, 2.24) is 0 Å². The monoisotopic (exact) mass is 207 g/mol. The smallest absolute Gasteiger partial charge is 0.130 e. The van der Waals surface area contributed by atoms with Crippen LogP contribution in [-0.4, -0.2) is 6.54 Å². The van der Waals surface area contributed by atoms with Gasteiger partial charge in [-0.3, -0.25) is 0 Å². The van der Waals surface area contributed by atoms with Crippen LogP contribution in [0, 0.1) is 6.92 Å². The van der Waals surface area contributed by atoms with Crippen LogP contribution < -0.4 is 5.73 Å². The minimum atomic E-state index is -1.29. The molecular weight excluding hydrogens is 189 g/mol. The first-order valence-corrected chi connectivity index (χ1v) is 5.12. The average molecular weight is 207 g/mol. The largest absolute Gasteiger partial charge is 0.327 e. The fourth-order valence-electron chi connectivity index (χ4n) is 1.38. The molecule has 1 aromatic rings. The van der Waals surface area contributed by atoms with Crippen LogP contribution in [-0.2, 0) is 5.67 Å². The van der Waals surface area contributed by atoms with Crippen molar-refractivity contribution in [3.63, 3.8) is 0 Å². The van der Waals surface area contributed by atoms with Crippen LogP contribution in [0.3, 0.4) is 0 Å². The third-order valence-corrected chi connectivity index (χ3v) is 2.40. The number of aryl methyl sites for hydroxylation is 1. The van der Waals surface area contributed by atoms with Gasteiger partial charge in [0.05, 0.1) is 0 Å².